The zero-order valence-electron chi connectivity index (χ0n) is 11.7. The van der Waals surface area contributed by atoms with Crippen LogP contribution in [0.4, 0.5) is 0 Å². The topological polar surface area (TPSA) is 141 Å². The molecule has 0 bridgehead atoms. The highest BCUT2D eigenvalue weighted by atomic mass is 16.2. The molecule has 115 valence electrons. The van der Waals surface area contributed by atoms with Crippen LogP contribution in [0, 0.1) is 12.3 Å². The van der Waals surface area contributed by atoms with Crippen molar-refractivity contribution in [2.75, 3.05) is 26.2 Å². The van der Waals surface area contributed by atoms with Crippen LogP contribution in [0.15, 0.2) is 0 Å². The third-order valence-corrected chi connectivity index (χ3v) is 3.17. The maximum atomic E-state index is 11.8. The van der Waals surface area contributed by atoms with Gasteiger partial charge in [-0.2, -0.15) is 0 Å². The fourth-order valence-corrected chi connectivity index (χ4v) is 1.94. The number of carbonyl (C=O) groups excluding carboxylic acids is 1. The van der Waals surface area contributed by atoms with Crippen LogP contribution in [0.2, 0.25) is 0 Å². The summed E-state index contributed by atoms with van der Waals surface area (Å²) >= 11 is 0. The summed E-state index contributed by atoms with van der Waals surface area (Å²) in [6, 6.07) is -0.0950. The standard InChI is InChI=1S/C12H26N7O/c1-8-5-18-9(6-17-8)7-19-11(20)10(13)3-2-4-16-12(14)15/h8-10,17-18H,1-7,13H2,(H,19,20)(H4,14,15,16). The summed E-state index contributed by atoms with van der Waals surface area (Å²) in [5, 5.41) is 19.1. The molecule has 0 aromatic carbocycles. The number of carbonyl (C=O) groups is 1. The summed E-state index contributed by atoms with van der Waals surface area (Å²) in [4.78, 5) is 11.8. The first kappa shape index (κ1) is 16.7. The zero-order valence-corrected chi connectivity index (χ0v) is 11.7. The predicted molar refractivity (Wildman–Crippen MR) is 79.1 cm³/mol. The molecule has 0 aromatic heterocycles. The van der Waals surface area contributed by atoms with Crippen LogP contribution < -0.4 is 32.7 Å². The molecule has 1 radical (unpaired) electrons. The van der Waals surface area contributed by atoms with E-state index >= 15 is 0 Å². The molecular formula is C12H26N7O. The van der Waals surface area contributed by atoms with Gasteiger partial charge in [-0.1, -0.05) is 0 Å². The van der Waals surface area contributed by atoms with E-state index in [2.05, 4.69) is 28.2 Å². The first-order valence-corrected chi connectivity index (χ1v) is 6.90. The third-order valence-electron chi connectivity index (χ3n) is 3.17. The van der Waals surface area contributed by atoms with Crippen LogP contribution in [0.3, 0.4) is 0 Å². The van der Waals surface area contributed by atoms with Gasteiger partial charge in [0.2, 0.25) is 5.91 Å². The van der Waals surface area contributed by atoms with Gasteiger partial charge in [-0.15, -0.1) is 0 Å². The lowest BCUT2D eigenvalue weighted by atomic mass is 10.1. The Balaban J connectivity index is 2.10. The second-order valence-electron chi connectivity index (χ2n) is 5.04. The lowest BCUT2D eigenvalue weighted by molar-refractivity contribution is -0.122. The maximum absolute atomic E-state index is 11.8. The van der Waals surface area contributed by atoms with E-state index in [0.29, 0.717) is 25.9 Å². The molecule has 1 fully saturated rings. The number of nitrogens with two attached hydrogens (primary N) is 2. The Hall–Kier alpha value is -1.38. The van der Waals surface area contributed by atoms with Crippen LogP contribution in [0.25, 0.3) is 0 Å². The van der Waals surface area contributed by atoms with Gasteiger partial charge in [0.25, 0.3) is 0 Å². The van der Waals surface area contributed by atoms with E-state index in [0.717, 1.165) is 13.1 Å². The number of amides is 1. The third kappa shape index (κ3) is 6.69. The Bertz CT molecular complexity index is 315. The normalized spacial score (nSPS) is 23.9. The summed E-state index contributed by atoms with van der Waals surface area (Å²) < 4.78 is 0. The Morgan fingerprint density at radius 2 is 2.15 bits per heavy atom. The maximum Gasteiger partial charge on any atom is 0.236 e. The Labute approximate surface area is 119 Å². The van der Waals surface area contributed by atoms with Gasteiger partial charge < -0.3 is 32.7 Å². The van der Waals surface area contributed by atoms with Gasteiger partial charge >= 0.3 is 0 Å². The number of hydrogen-bond donors (Lipinski definition) is 7. The highest BCUT2D eigenvalue weighted by molar-refractivity contribution is 5.81. The highest BCUT2D eigenvalue weighted by Crippen LogP contribution is 1.95. The van der Waals surface area contributed by atoms with E-state index < -0.39 is 6.04 Å². The fourth-order valence-electron chi connectivity index (χ4n) is 1.94. The zero-order chi connectivity index (χ0) is 15.0. The lowest BCUT2D eigenvalue weighted by Gasteiger charge is -2.29. The molecule has 1 aliphatic rings. The molecule has 0 aliphatic carbocycles. The van der Waals surface area contributed by atoms with E-state index in [1.54, 1.807) is 0 Å². The van der Waals surface area contributed by atoms with E-state index in [1.807, 2.05) is 0 Å². The molecule has 9 N–H and O–H groups in total. The molecule has 0 saturated carbocycles. The molecule has 1 rings (SSSR count). The summed E-state index contributed by atoms with van der Waals surface area (Å²) in [5.74, 6) is -0.214. The van der Waals surface area contributed by atoms with Gasteiger partial charge in [0.05, 0.1) is 6.04 Å². The van der Waals surface area contributed by atoms with Gasteiger partial charge in [-0.3, -0.25) is 10.2 Å². The monoisotopic (exact) mass is 284 g/mol. The largest absolute Gasteiger partial charge is 0.370 e. The van der Waals surface area contributed by atoms with Gasteiger partial charge in [-0.25, -0.2) is 0 Å². The lowest BCUT2D eigenvalue weighted by Crippen LogP contribution is -2.57. The molecular weight excluding hydrogens is 258 g/mol. The van der Waals surface area contributed by atoms with Crippen molar-refractivity contribution in [1.82, 2.24) is 21.3 Å². The predicted octanol–water partition coefficient (Wildman–Crippen LogP) is -2.54. The van der Waals surface area contributed by atoms with Gasteiger partial charge in [0, 0.05) is 38.3 Å². The molecule has 0 spiro atoms. The molecule has 0 aromatic rings. The second kappa shape index (κ2) is 8.72. The van der Waals surface area contributed by atoms with Crippen molar-refractivity contribution in [2.24, 2.45) is 11.5 Å². The molecule has 3 atom stereocenters. The average molecular weight is 284 g/mol. The molecule has 20 heavy (non-hydrogen) atoms. The van der Waals surface area contributed by atoms with E-state index in [9.17, 15) is 4.79 Å². The highest BCUT2D eigenvalue weighted by Gasteiger charge is 2.19. The summed E-state index contributed by atoms with van der Waals surface area (Å²) in [7, 11) is 0. The Morgan fingerprint density at radius 3 is 2.75 bits per heavy atom. The van der Waals surface area contributed by atoms with Crippen LogP contribution in [0.5, 0.6) is 0 Å². The second-order valence-corrected chi connectivity index (χ2v) is 5.04. The number of nitrogens with one attached hydrogen (secondary N) is 5. The summed E-state index contributed by atoms with van der Waals surface area (Å²) in [6.07, 6.45) is 1.25. The Morgan fingerprint density at radius 1 is 1.40 bits per heavy atom. The Kier molecular flexibility index (Phi) is 7.27. The minimum atomic E-state index is -0.527. The number of guanidine groups is 1. The molecule has 8 nitrogen and oxygen atoms in total. The average Bonchev–Trinajstić information content (AvgIpc) is 2.42. The van der Waals surface area contributed by atoms with Crippen LogP contribution >= 0.6 is 0 Å². The SMILES string of the molecule is [CH2]C1CNC(CNC(=O)C(N)CCCNC(=N)N)CN1. The molecule has 8 heteroatoms. The molecule has 1 aliphatic heterocycles. The van der Waals surface area contributed by atoms with Gasteiger partial charge in [0.15, 0.2) is 5.96 Å². The van der Waals surface area contributed by atoms with E-state index in [1.165, 1.54) is 0 Å². The van der Waals surface area contributed by atoms with E-state index in [4.69, 9.17) is 16.9 Å². The van der Waals surface area contributed by atoms with Gasteiger partial charge in [-0.05, 0) is 19.8 Å². The van der Waals surface area contributed by atoms with E-state index in [-0.39, 0.29) is 24.0 Å². The van der Waals surface area contributed by atoms with Gasteiger partial charge in [0.1, 0.15) is 0 Å². The smallest absolute Gasteiger partial charge is 0.236 e. The van der Waals surface area contributed by atoms with Crippen LogP contribution in [-0.4, -0.2) is 56.2 Å². The number of hydrogen-bond acceptors (Lipinski definition) is 5. The first-order valence-electron chi connectivity index (χ1n) is 6.90. The van der Waals surface area contributed by atoms with Crippen LogP contribution in [0.1, 0.15) is 12.8 Å². The first-order chi connectivity index (χ1) is 9.49. The molecule has 1 saturated heterocycles. The van der Waals surface area contributed by atoms with Crippen molar-refractivity contribution in [3.05, 3.63) is 6.92 Å². The number of rotatable bonds is 7. The summed E-state index contributed by atoms with van der Waals surface area (Å²) in [5.41, 5.74) is 11.0. The van der Waals surface area contributed by atoms with Crippen molar-refractivity contribution < 1.29 is 4.79 Å². The van der Waals surface area contributed by atoms with Crippen molar-refractivity contribution >= 4 is 11.9 Å². The van der Waals surface area contributed by atoms with Crippen molar-refractivity contribution in [1.29, 1.82) is 5.41 Å². The number of piperazine rings is 1. The molecule has 3 unspecified atom stereocenters. The van der Waals surface area contributed by atoms with Crippen molar-refractivity contribution in [3.8, 4) is 0 Å². The fraction of sp³-hybridized carbons (Fsp3) is 0.750. The van der Waals surface area contributed by atoms with Crippen molar-refractivity contribution in [3.63, 3.8) is 0 Å². The quantitative estimate of drug-likeness (QED) is 0.156. The van der Waals surface area contributed by atoms with Crippen molar-refractivity contribution in [2.45, 2.75) is 31.0 Å². The molecule has 1 amide bonds. The summed E-state index contributed by atoms with van der Waals surface area (Å²) in [6.45, 7) is 6.58. The minimum Gasteiger partial charge on any atom is -0.370 e. The minimum absolute atomic E-state index is 0.0670. The molecule has 1 heterocycles. The van der Waals surface area contributed by atoms with Crippen LogP contribution in [-0.2, 0) is 4.79 Å².